The van der Waals surface area contributed by atoms with Gasteiger partial charge in [-0.2, -0.15) is 0 Å². The first-order chi connectivity index (χ1) is 10.9. The second-order valence-corrected chi connectivity index (χ2v) is 7.36. The number of amides is 1. The molecule has 5 nitrogen and oxygen atoms in total. The minimum atomic E-state index is -3.50. The molecule has 0 aliphatic heterocycles. The molecule has 1 aromatic carbocycles. The molecule has 124 valence electrons. The Morgan fingerprint density at radius 3 is 2.61 bits per heavy atom. The molecule has 6 heteroatoms. The molecular formula is C17H21NO4S. The molecule has 0 saturated carbocycles. The van der Waals surface area contributed by atoms with Gasteiger partial charge in [0, 0.05) is 6.54 Å². The third kappa shape index (κ3) is 4.45. The Morgan fingerprint density at radius 1 is 1.17 bits per heavy atom. The monoisotopic (exact) mass is 335 g/mol. The fourth-order valence-electron chi connectivity index (χ4n) is 2.21. The van der Waals surface area contributed by atoms with Crippen molar-refractivity contribution in [3.05, 3.63) is 53.5 Å². The van der Waals surface area contributed by atoms with Crippen LogP contribution in [0.4, 0.5) is 0 Å². The summed E-state index contributed by atoms with van der Waals surface area (Å²) in [6, 6.07) is 9.84. The van der Waals surface area contributed by atoms with E-state index in [9.17, 15) is 13.2 Å². The molecule has 1 heterocycles. The first-order valence-electron chi connectivity index (χ1n) is 7.59. The second-order valence-electron chi connectivity index (χ2n) is 5.40. The van der Waals surface area contributed by atoms with Crippen LogP contribution in [0.5, 0.6) is 0 Å². The number of furan rings is 1. The van der Waals surface area contributed by atoms with Crippen LogP contribution in [-0.2, 0) is 15.6 Å². The molecule has 0 unspecified atom stereocenters. The molecular weight excluding hydrogens is 314 g/mol. The molecule has 0 aliphatic rings. The largest absolute Gasteiger partial charge is 0.455 e. The summed E-state index contributed by atoms with van der Waals surface area (Å²) in [5.41, 5.74) is 0.691. The molecule has 1 aromatic heterocycles. The lowest BCUT2D eigenvalue weighted by atomic mass is 10.2. The zero-order valence-electron chi connectivity index (χ0n) is 13.3. The first-order valence-corrected chi connectivity index (χ1v) is 9.24. The van der Waals surface area contributed by atoms with Crippen molar-refractivity contribution in [1.29, 1.82) is 0 Å². The highest BCUT2D eigenvalue weighted by molar-refractivity contribution is 7.90. The molecule has 1 amide bonds. The number of carbonyl (C=O) groups excluding carboxylic acids is 1. The topological polar surface area (TPSA) is 76.4 Å². The Balaban J connectivity index is 2.10. The molecule has 0 fully saturated rings. The lowest BCUT2D eigenvalue weighted by Crippen LogP contribution is -2.23. The van der Waals surface area contributed by atoms with Crippen LogP contribution in [0.15, 0.2) is 45.7 Å². The van der Waals surface area contributed by atoms with Crippen LogP contribution in [0.1, 0.15) is 41.6 Å². The van der Waals surface area contributed by atoms with Gasteiger partial charge >= 0.3 is 0 Å². The van der Waals surface area contributed by atoms with E-state index in [1.165, 1.54) is 12.1 Å². The van der Waals surface area contributed by atoms with Crippen molar-refractivity contribution >= 4 is 15.7 Å². The summed E-state index contributed by atoms with van der Waals surface area (Å²) in [5, 5.41) is 2.73. The molecule has 23 heavy (non-hydrogen) atoms. The van der Waals surface area contributed by atoms with Crippen LogP contribution in [-0.4, -0.2) is 20.9 Å². The van der Waals surface area contributed by atoms with Crippen LogP contribution in [0.3, 0.4) is 0 Å². The number of aryl methyl sites for hydroxylation is 1. The Labute approximate surface area is 136 Å². The average Bonchev–Trinajstić information content (AvgIpc) is 2.95. The summed E-state index contributed by atoms with van der Waals surface area (Å²) in [6.07, 6.45) is 1.87. The lowest BCUT2D eigenvalue weighted by Gasteiger charge is -2.06. The van der Waals surface area contributed by atoms with Crippen molar-refractivity contribution in [1.82, 2.24) is 5.32 Å². The number of unbranched alkanes of at least 4 members (excludes halogenated alkanes) is 1. The molecule has 0 spiro atoms. The van der Waals surface area contributed by atoms with Crippen LogP contribution in [0, 0.1) is 6.92 Å². The van der Waals surface area contributed by atoms with E-state index in [1.807, 2.05) is 6.92 Å². The maximum Gasteiger partial charge on any atom is 0.286 e. The maximum absolute atomic E-state index is 12.5. The predicted octanol–water partition coefficient (Wildman–Crippen LogP) is 3.09. The van der Waals surface area contributed by atoms with Gasteiger partial charge in [-0.25, -0.2) is 8.42 Å². The highest BCUT2D eigenvalue weighted by Gasteiger charge is 2.20. The van der Waals surface area contributed by atoms with Gasteiger partial charge in [0.15, 0.2) is 15.6 Å². The molecule has 0 atom stereocenters. The average molecular weight is 335 g/mol. The number of sulfone groups is 1. The van der Waals surface area contributed by atoms with Gasteiger partial charge in [-0.1, -0.05) is 31.5 Å². The molecule has 0 saturated heterocycles. The van der Waals surface area contributed by atoms with Gasteiger partial charge in [0.1, 0.15) is 11.5 Å². The smallest absolute Gasteiger partial charge is 0.286 e. The lowest BCUT2D eigenvalue weighted by molar-refractivity contribution is 0.0924. The molecule has 0 bridgehead atoms. The number of benzene rings is 1. The van der Waals surface area contributed by atoms with E-state index in [2.05, 4.69) is 5.32 Å². The SMILES string of the molecule is CCCCNC(=O)c1ccc(CS(=O)(=O)c2ccccc2C)o1. The number of carbonyl (C=O) groups is 1. The first kappa shape index (κ1) is 17.3. The van der Waals surface area contributed by atoms with Gasteiger partial charge in [0.25, 0.3) is 5.91 Å². The minimum Gasteiger partial charge on any atom is -0.455 e. The highest BCUT2D eigenvalue weighted by atomic mass is 32.2. The van der Waals surface area contributed by atoms with Crippen molar-refractivity contribution in [3.63, 3.8) is 0 Å². The minimum absolute atomic E-state index is 0.135. The molecule has 2 aromatic rings. The summed E-state index contributed by atoms with van der Waals surface area (Å²) >= 11 is 0. The third-order valence-electron chi connectivity index (χ3n) is 3.46. The van der Waals surface area contributed by atoms with Crippen molar-refractivity contribution in [2.75, 3.05) is 6.54 Å². The zero-order valence-corrected chi connectivity index (χ0v) is 14.2. The molecule has 1 N–H and O–H groups in total. The number of rotatable bonds is 7. The Bertz CT molecular complexity index is 777. The standard InChI is InChI=1S/C17H21NO4S/c1-3-4-11-18-17(19)15-10-9-14(22-15)12-23(20,21)16-8-6-5-7-13(16)2/h5-10H,3-4,11-12H2,1-2H3,(H,18,19). The van der Waals surface area contributed by atoms with Crippen molar-refractivity contribution in [2.45, 2.75) is 37.3 Å². The summed E-state index contributed by atoms with van der Waals surface area (Å²) in [6.45, 7) is 4.36. The van der Waals surface area contributed by atoms with Crippen molar-refractivity contribution < 1.29 is 17.6 Å². The van der Waals surface area contributed by atoms with E-state index in [0.717, 1.165) is 12.8 Å². The highest BCUT2D eigenvalue weighted by Crippen LogP contribution is 2.21. The number of hydrogen-bond donors (Lipinski definition) is 1. The van der Waals surface area contributed by atoms with Gasteiger partial charge in [-0.05, 0) is 37.1 Å². The predicted molar refractivity (Wildman–Crippen MR) is 88.0 cm³/mol. The summed E-state index contributed by atoms with van der Waals surface area (Å²) in [4.78, 5) is 12.2. The second kappa shape index (κ2) is 7.46. The Morgan fingerprint density at radius 2 is 1.91 bits per heavy atom. The summed E-state index contributed by atoms with van der Waals surface area (Å²) in [5.74, 6) is -0.192. The van der Waals surface area contributed by atoms with Gasteiger partial charge < -0.3 is 9.73 Å². The van der Waals surface area contributed by atoms with Gasteiger partial charge in [-0.15, -0.1) is 0 Å². The van der Waals surface area contributed by atoms with Gasteiger partial charge in [0.2, 0.25) is 0 Å². The van der Waals surface area contributed by atoms with Crippen LogP contribution < -0.4 is 5.32 Å². The van der Waals surface area contributed by atoms with E-state index in [-0.39, 0.29) is 28.1 Å². The van der Waals surface area contributed by atoms with Crippen molar-refractivity contribution in [2.24, 2.45) is 0 Å². The Hall–Kier alpha value is -2.08. The quantitative estimate of drug-likeness (QED) is 0.789. The number of hydrogen-bond acceptors (Lipinski definition) is 4. The van der Waals surface area contributed by atoms with Gasteiger partial charge in [-0.3, -0.25) is 4.79 Å². The molecule has 2 rings (SSSR count). The van der Waals surface area contributed by atoms with E-state index < -0.39 is 9.84 Å². The van der Waals surface area contributed by atoms with Crippen LogP contribution >= 0.6 is 0 Å². The number of nitrogens with one attached hydrogen (secondary N) is 1. The fourth-order valence-corrected chi connectivity index (χ4v) is 3.74. The zero-order chi connectivity index (χ0) is 16.9. The fraction of sp³-hybridized carbons (Fsp3) is 0.353. The Kier molecular flexibility index (Phi) is 5.60. The van der Waals surface area contributed by atoms with Crippen LogP contribution in [0.25, 0.3) is 0 Å². The molecule has 0 radical (unpaired) electrons. The summed E-state index contributed by atoms with van der Waals surface area (Å²) in [7, 11) is -3.50. The van der Waals surface area contributed by atoms with E-state index in [0.29, 0.717) is 12.1 Å². The van der Waals surface area contributed by atoms with Gasteiger partial charge in [0.05, 0.1) is 4.90 Å². The van der Waals surface area contributed by atoms with Crippen molar-refractivity contribution in [3.8, 4) is 0 Å². The van der Waals surface area contributed by atoms with E-state index >= 15 is 0 Å². The maximum atomic E-state index is 12.5. The van der Waals surface area contributed by atoms with E-state index in [1.54, 1.807) is 31.2 Å². The van der Waals surface area contributed by atoms with Crippen LogP contribution in [0.2, 0.25) is 0 Å². The third-order valence-corrected chi connectivity index (χ3v) is 5.26. The normalized spacial score (nSPS) is 11.4. The summed E-state index contributed by atoms with van der Waals surface area (Å²) < 4.78 is 30.3. The molecule has 0 aliphatic carbocycles. The van der Waals surface area contributed by atoms with E-state index in [4.69, 9.17) is 4.42 Å².